The zero-order valence-electron chi connectivity index (χ0n) is 13.0. The minimum Gasteiger partial charge on any atom is -0.480 e. The van der Waals surface area contributed by atoms with Gasteiger partial charge in [-0.3, -0.25) is 19.1 Å². The van der Waals surface area contributed by atoms with E-state index in [4.69, 9.17) is 15.6 Å². The van der Waals surface area contributed by atoms with Crippen molar-refractivity contribution in [3.05, 3.63) is 32.6 Å². The van der Waals surface area contributed by atoms with Crippen molar-refractivity contribution in [2.24, 2.45) is 5.73 Å². The smallest absolute Gasteiger partial charge is 0.329 e. The van der Waals surface area contributed by atoms with Crippen LogP contribution in [0.2, 0.25) is 0 Å². The van der Waals surface area contributed by atoms with Gasteiger partial charge < -0.3 is 15.6 Å². The third-order valence-electron chi connectivity index (χ3n) is 2.14. The molecule has 22 heavy (non-hydrogen) atoms. The largest absolute Gasteiger partial charge is 0.480 e. The lowest BCUT2D eigenvalue weighted by atomic mass is 10.2. The summed E-state index contributed by atoms with van der Waals surface area (Å²) in [7, 11) is 0. The third-order valence-corrected chi connectivity index (χ3v) is 2.14. The molecule has 4 N–H and O–H groups in total. The summed E-state index contributed by atoms with van der Waals surface area (Å²) in [6.07, 6.45) is 1.30. The van der Waals surface area contributed by atoms with Gasteiger partial charge in [-0.2, -0.15) is 0 Å². The molecule has 0 saturated carbocycles. The molecule has 0 fully saturated rings. The van der Waals surface area contributed by atoms with Gasteiger partial charge in [0.2, 0.25) is 5.91 Å². The summed E-state index contributed by atoms with van der Waals surface area (Å²) in [5.74, 6) is -1.56. The normalized spacial score (nSPS) is 10.5. The van der Waals surface area contributed by atoms with Crippen molar-refractivity contribution in [3.63, 3.8) is 0 Å². The predicted molar refractivity (Wildman–Crippen MR) is 78.6 cm³/mol. The fourth-order valence-corrected chi connectivity index (χ4v) is 1.18. The van der Waals surface area contributed by atoms with Crippen LogP contribution in [0.25, 0.3) is 0 Å². The van der Waals surface area contributed by atoms with Gasteiger partial charge in [-0.25, -0.2) is 9.59 Å². The van der Waals surface area contributed by atoms with Gasteiger partial charge >= 0.3 is 11.7 Å². The first-order valence-corrected chi connectivity index (χ1v) is 6.37. The average molecular weight is 315 g/mol. The van der Waals surface area contributed by atoms with Crippen LogP contribution >= 0.6 is 0 Å². The number of carbonyl (C=O) groups excluding carboxylic acids is 1. The summed E-state index contributed by atoms with van der Waals surface area (Å²) in [4.78, 5) is 44.4. The number of carboxylic acid groups (broad SMARTS) is 1. The highest BCUT2D eigenvalue weighted by atomic mass is 16.5. The number of aromatic nitrogens is 2. The molecule has 0 spiro atoms. The third kappa shape index (κ3) is 8.69. The Morgan fingerprint density at radius 3 is 2.27 bits per heavy atom. The molecule has 0 aromatic carbocycles. The molecular formula is C13H21N3O6. The number of aliphatic carboxylic acids is 1. The summed E-state index contributed by atoms with van der Waals surface area (Å²) in [5.41, 5.74) is 3.82. The van der Waals surface area contributed by atoms with Gasteiger partial charge in [0, 0.05) is 11.8 Å². The van der Waals surface area contributed by atoms with Crippen molar-refractivity contribution in [2.45, 2.75) is 39.8 Å². The Morgan fingerprint density at radius 2 is 1.91 bits per heavy atom. The summed E-state index contributed by atoms with van der Waals surface area (Å²) >= 11 is 0. The summed E-state index contributed by atoms with van der Waals surface area (Å²) in [6.45, 7) is 6.54. The number of amides is 1. The number of nitrogens with zero attached hydrogens (tertiary/aromatic N) is 1. The number of aryl methyl sites for hydroxylation is 1. The van der Waals surface area contributed by atoms with E-state index < -0.39 is 23.1 Å². The molecule has 9 nitrogen and oxygen atoms in total. The lowest BCUT2D eigenvalue weighted by molar-refractivity contribution is -0.147. The standard InChI is InChI=1S/C7H9N3O3.C6H12O3/c1-4-2-10(3-5(8)11)7(13)9-6(4)12;1-6(2,3)9-4-5(7)8/h2H,3H2,1H3,(H2,8,11)(H,9,12,13);4H2,1-3H3,(H,7,8). The Kier molecular flexibility index (Phi) is 7.23. The van der Waals surface area contributed by atoms with Crippen molar-refractivity contribution in [2.75, 3.05) is 6.61 Å². The number of carboxylic acids is 1. The van der Waals surface area contributed by atoms with Crippen LogP contribution < -0.4 is 17.0 Å². The van der Waals surface area contributed by atoms with Gasteiger partial charge in [-0.1, -0.05) is 0 Å². The van der Waals surface area contributed by atoms with Crippen LogP contribution in [0, 0.1) is 6.92 Å². The van der Waals surface area contributed by atoms with Crippen molar-refractivity contribution < 1.29 is 19.4 Å². The van der Waals surface area contributed by atoms with Gasteiger partial charge in [0.1, 0.15) is 13.2 Å². The lowest BCUT2D eigenvalue weighted by Gasteiger charge is -2.17. The number of nitrogens with one attached hydrogen (secondary N) is 1. The van der Waals surface area contributed by atoms with Gasteiger partial charge in [0.15, 0.2) is 0 Å². The van der Waals surface area contributed by atoms with Gasteiger partial charge in [-0.05, 0) is 27.7 Å². The Balaban J connectivity index is 0.000000433. The summed E-state index contributed by atoms with van der Waals surface area (Å²) < 4.78 is 5.95. The lowest BCUT2D eigenvalue weighted by Crippen LogP contribution is -2.34. The number of ether oxygens (including phenoxy) is 1. The van der Waals surface area contributed by atoms with E-state index in [9.17, 15) is 19.2 Å². The van der Waals surface area contributed by atoms with Crippen LogP contribution in [0.5, 0.6) is 0 Å². The molecule has 1 aromatic heterocycles. The highest BCUT2D eigenvalue weighted by Gasteiger charge is 2.11. The van der Waals surface area contributed by atoms with Crippen LogP contribution in [0.3, 0.4) is 0 Å². The molecular weight excluding hydrogens is 294 g/mol. The second-order valence-corrected chi connectivity index (χ2v) is 5.46. The minimum atomic E-state index is -0.926. The molecule has 124 valence electrons. The number of rotatable bonds is 4. The zero-order chi connectivity index (χ0) is 17.5. The van der Waals surface area contributed by atoms with E-state index in [1.165, 1.54) is 13.1 Å². The number of H-pyrrole nitrogens is 1. The molecule has 1 amide bonds. The maximum Gasteiger partial charge on any atom is 0.329 e. The predicted octanol–water partition coefficient (Wildman–Crippen LogP) is -0.784. The fraction of sp³-hybridized carbons (Fsp3) is 0.538. The molecule has 0 aliphatic rings. The average Bonchev–Trinajstić information content (AvgIpc) is 2.33. The molecule has 9 heteroatoms. The van der Waals surface area contributed by atoms with Gasteiger partial charge in [0.25, 0.3) is 5.56 Å². The van der Waals surface area contributed by atoms with Crippen LogP contribution in [0.15, 0.2) is 15.8 Å². The minimum absolute atomic E-state index is 0.219. The summed E-state index contributed by atoms with van der Waals surface area (Å²) in [5, 5.41) is 8.15. The summed E-state index contributed by atoms with van der Waals surface area (Å²) in [6, 6.07) is 0. The van der Waals surface area contributed by atoms with Gasteiger partial charge in [0.05, 0.1) is 5.60 Å². The van der Waals surface area contributed by atoms with Crippen molar-refractivity contribution >= 4 is 11.9 Å². The number of carbonyl (C=O) groups is 2. The van der Waals surface area contributed by atoms with Crippen LogP contribution in [0.1, 0.15) is 26.3 Å². The molecule has 1 heterocycles. The van der Waals surface area contributed by atoms with E-state index in [-0.39, 0.29) is 18.8 Å². The van der Waals surface area contributed by atoms with Crippen LogP contribution in [-0.4, -0.2) is 38.7 Å². The van der Waals surface area contributed by atoms with E-state index >= 15 is 0 Å². The molecule has 0 unspecified atom stereocenters. The quantitative estimate of drug-likeness (QED) is 0.664. The number of hydrogen-bond donors (Lipinski definition) is 3. The first-order chi connectivity index (χ1) is 9.92. The first kappa shape index (κ1) is 19.6. The number of primary amides is 1. The maximum atomic E-state index is 11.0. The fourth-order valence-electron chi connectivity index (χ4n) is 1.18. The van der Waals surface area contributed by atoms with E-state index in [0.29, 0.717) is 5.56 Å². The van der Waals surface area contributed by atoms with E-state index in [1.54, 1.807) is 0 Å². The van der Waals surface area contributed by atoms with Crippen molar-refractivity contribution in [1.82, 2.24) is 9.55 Å². The highest BCUT2D eigenvalue weighted by Crippen LogP contribution is 2.05. The Labute approximate surface area is 126 Å². The Morgan fingerprint density at radius 1 is 1.36 bits per heavy atom. The van der Waals surface area contributed by atoms with Gasteiger partial charge in [-0.15, -0.1) is 0 Å². The molecule has 0 bridgehead atoms. The van der Waals surface area contributed by atoms with Crippen LogP contribution in [0.4, 0.5) is 0 Å². The first-order valence-electron chi connectivity index (χ1n) is 6.37. The second kappa shape index (κ2) is 8.13. The van der Waals surface area contributed by atoms with Crippen molar-refractivity contribution in [3.8, 4) is 0 Å². The number of hydrogen-bond acceptors (Lipinski definition) is 5. The second-order valence-electron chi connectivity index (χ2n) is 5.46. The topological polar surface area (TPSA) is 144 Å². The molecule has 0 saturated heterocycles. The van der Waals surface area contributed by atoms with E-state index in [0.717, 1.165) is 4.57 Å². The van der Waals surface area contributed by atoms with Crippen LogP contribution in [-0.2, 0) is 20.9 Å². The highest BCUT2D eigenvalue weighted by molar-refractivity contribution is 5.73. The molecule has 1 rings (SSSR count). The number of aromatic amines is 1. The van der Waals surface area contributed by atoms with Crippen molar-refractivity contribution in [1.29, 1.82) is 0 Å². The molecule has 0 radical (unpaired) electrons. The molecule has 0 atom stereocenters. The Hall–Kier alpha value is -2.42. The SMILES string of the molecule is CC(C)(C)OCC(=O)O.Cc1cn(CC(N)=O)c(=O)[nH]c1=O. The van der Waals surface area contributed by atoms with E-state index in [1.807, 2.05) is 20.8 Å². The Bertz CT molecular complexity index is 638. The zero-order valence-corrected chi connectivity index (χ0v) is 13.0. The molecule has 0 aliphatic carbocycles. The maximum absolute atomic E-state index is 11.0. The molecule has 1 aromatic rings. The van der Waals surface area contributed by atoms with E-state index in [2.05, 4.69) is 4.98 Å². The number of nitrogens with two attached hydrogens (primary N) is 1. The monoisotopic (exact) mass is 315 g/mol. The molecule has 0 aliphatic heterocycles.